The van der Waals surface area contributed by atoms with E-state index in [1.54, 1.807) is 12.3 Å². The molecule has 0 bridgehead atoms. The lowest BCUT2D eigenvalue weighted by Crippen LogP contribution is -1.80. The van der Waals surface area contributed by atoms with Gasteiger partial charge in [0.05, 0.1) is 5.56 Å². The number of pyridine rings is 1. The molecule has 2 heterocycles. The Morgan fingerprint density at radius 2 is 2.42 bits per heavy atom. The summed E-state index contributed by atoms with van der Waals surface area (Å²) in [4.78, 5) is 11.1. The normalized spacial score (nSPS) is 10.0. The summed E-state index contributed by atoms with van der Waals surface area (Å²) in [5, 5.41) is 8.71. The number of fused-ring (bicyclic) bond motifs is 1. The highest BCUT2D eigenvalue weighted by atomic mass is 127. The summed E-state index contributed by atoms with van der Waals surface area (Å²) in [5.74, 6) is 0. The van der Waals surface area contributed by atoms with Crippen LogP contribution in [0.1, 0.15) is 5.56 Å². The molecule has 0 atom stereocenters. The fourth-order valence-corrected chi connectivity index (χ4v) is 1.47. The first-order valence-electron chi connectivity index (χ1n) is 3.21. The van der Waals surface area contributed by atoms with Gasteiger partial charge in [-0.3, -0.25) is 0 Å². The summed E-state index contributed by atoms with van der Waals surface area (Å²) in [6.45, 7) is 0. The van der Waals surface area contributed by atoms with Crippen molar-refractivity contribution >= 4 is 33.8 Å². The fourth-order valence-electron chi connectivity index (χ4n) is 0.973. The van der Waals surface area contributed by atoms with Crippen molar-refractivity contribution in [3.63, 3.8) is 0 Å². The van der Waals surface area contributed by atoms with Crippen LogP contribution in [0.3, 0.4) is 0 Å². The Labute approximate surface area is 81.8 Å². The molecule has 0 amide bonds. The number of hydrogen-bond donors (Lipinski definition) is 1. The van der Waals surface area contributed by atoms with Crippen molar-refractivity contribution in [2.24, 2.45) is 0 Å². The number of aromatic nitrogens is 3. The van der Waals surface area contributed by atoms with Crippen molar-refractivity contribution in [3.8, 4) is 6.07 Å². The minimum Gasteiger partial charge on any atom is -0.318 e. The molecule has 12 heavy (non-hydrogen) atoms. The van der Waals surface area contributed by atoms with Gasteiger partial charge in [0.2, 0.25) is 0 Å². The molecular formula is C7H3IN4. The van der Waals surface area contributed by atoms with Gasteiger partial charge < -0.3 is 4.98 Å². The first-order chi connectivity index (χ1) is 5.81. The van der Waals surface area contributed by atoms with Gasteiger partial charge >= 0.3 is 0 Å². The van der Waals surface area contributed by atoms with Crippen LogP contribution < -0.4 is 0 Å². The molecule has 58 valence electrons. The summed E-state index contributed by atoms with van der Waals surface area (Å²) in [6, 6.07) is 3.71. The fraction of sp³-hybridized carbons (Fsp3) is 0. The van der Waals surface area contributed by atoms with Gasteiger partial charge in [0.25, 0.3) is 0 Å². The predicted octanol–water partition coefficient (Wildman–Crippen LogP) is 1.43. The molecule has 0 spiro atoms. The van der Waals surface area contributed by atoms with E-state index >= 15 is 0 Å². The van der Waals surface area contributed by atoms with Gasteiger partial charge in [-0.25, -0.2) is 9.97 Å². The summed E-state index contributed by atoms with van der Waals surface area (Å²) in [5.41, 5.74) is 1.86. The van der Waals surface area contributed by atoms with E-state index in [1.807, 2.05) is 22.6 Å². The maximum atomic E-state index is 8.71. The van der Waals surface area contributed by atoms with Crippen LogP contribution in [0.25, 0.3) is 11.2 Å². The minimum atomic E-state index is 0.555. The Kier molecular flexibility index (Phi) is 1.69. The minimum absolute atomic E-state index is 0.555. The molecule has 0 fully saturated rings. The smallest absolute Gasteiger partial charge is 0.170 e. The van der Waals surface area contributed by atoms with Crippen LogP contribution in [0.15, 0.2) is 12.3 Å². The van der Waals surface area contributed by atoms with Crippen molar-refractivity contribution in [3.05, 3.63) is 21.7 Å². The molecule has 0 aliphatic carbocycles. The van der Waals surface area contributed by atoms with Gasteiger partial charge in [0, 0.05) is 6.20 Å². The zero-order valence-corrected chi connectivity index (χ0v) is 8.03. The van der Waals surface area contributed by atoms with Crippen LogP contribution in [0, 0.1) is 15.2 Å². The van der Waals surface area contributed by atoms with Crippen molar-refractivity contribution in [1.82, 2.24) is 15.0 Å². The van der Waals surface area contributed by atoms with E-state index in [-0.39, 0.29) is 0 Å². The summed E-state index contributed by atoms with van der Waals surface area (Å²) in [6.07, 6.45) is 1.59. The second-order valence-corrected chi connectivity index (χ2v) is 3.22. The van der Waals surface area contributed by atoms with Gasteiger partial charge in [0.1, 0.15) is 11.6 Å². The van der Waals surface area contributed by atoms with Crippen LogP contribution in [0.5, 0.6) is 0 Å². The number of imidazole rings is 1. The van der Waals surface area contributed by atoms with Gasteiger partial charge in [-0.05, 0) is 28.7 Å². The van der Waals surface area contributed by atoms with Gasteiger partial charge in [-0.1, -0.05) is 0 Å². The Morgan fingerprint density at radius 3 is 3.17 bits per heavy atom. The number of nitriles is 1. The van der Waals surface area contributed by atoms with E-state index in [9.17, 15) is 0 Å². The Hall–Kier alpha value is -1.16. The van der Waals surface area contributed by atoms with Crippen molar-refractivity contribution in [1.29, 1.82) is 5.26 Å². The molecule has 0 aromatic carbocycles. The van der Waals surface area contributed by atoms with Crippen LogP contribution >= 0.6 is 22.6 Å². The third-order valence-corrected chi connectivity index (χ3v) is 1.99. The van der Waals surface area contributed by atoms with Gasteiger partial charge in [0.15, 0.2) is 9.48 Å². The molecule has 4 nitrogen and oxygen atoms in total. The Morgan fingerprint density at radius 1 is 1.58 bits per heavy atom. The van der Waals surface area contributed by atoms with Crippen LogP contribution in [-0.2, 0) is 0 Å². The predicted molar refractivity (Wildman–Crippen MR) is 51.3 cm³/mol. The zero-order valence-electron chi connectivity index (χ0n) is 5.87. The summed E-state index contributed by atoms with van der Waals surface area (Å²) in [7, 11) is 0. The molecular weight excluding hydrogens is 267 g/mol. The first kappa shape index (κ1) is 7.49. The molecule has 2 aromatic rings. The summed E-state index contributed by atoms with van der Waals surface area (Å²) >= 11 is 2.05. The molecule has 0 radical (unpaired) electrons. The molecule has 0 aliphatic rings. The number of rotatable bonds is 0. The lowest BCUT2D eigenvalue weighted by Gasteiger charge is -1.87. The quantitative estimate of drug-likeness (QED) is 0.736. The lowest BCUT2D eigenvalue weighted by molar-refractivity contribution is 1.24. The average Bonchev–Trinajstić information content (AvgIpc) is 2.44. The van der Waals surface area contributed by atoms with Gasteiger partial charge in [-0.15, -0.1) is 0 Å². The number of aromatic amines is 1. The average molecular weight is 270 g/mol. The highest BCUT2D eigenvalue weighted by molar-refractivity contribution is 14.1. The Bertz CT molecular complexity index is 468. The van der Waals surface area contributed by atoms with E-state index < -0.39 is 0 Å². The van der Waals surface area contributed by atoms with Crippen LogP contribution in [0.4, 0.5) is 0 Å². The molecule has 0 saturated heterocycles. The number of nitrogens with one attached hydrogen (secondary N) is 1. The summed E-state index contributed by atoms with van der Waals surface area (Å²) < 4.78 is 0.748. The first-order valence-corrected chi connectivity index (χ1v) is 4.29. The Balaban J connectivity index is 2.89. The van der Waals surface area contributed by atoms with Crippen molar-refractivity contribution in [2.45, 2.75) is 0 Å². The standard InChI is InChI=1S/C7H3IN4/c8-7-11-5-4(3-9)1-2-10-6(5)12-7/h1-2H,(H,10,11,12). The number of hydrogen-bond acceptors (Lipinski definition) is 3. The number of nitrogens with zero attached hydrogens (tertiary/aromatic N) is 3. The van der Waals surface area contributed by atoms with E-state index in [0.717, 1.165) is 3.83 Å². The molecule has 2 rings (SSSR count). The van der Waals surface area contributed by atoms with E-state index in [2.05, 4.69) is 21.0 Å². The van der Waals surface area contributed by atoms with Crippen LogP contribution in [-0.4, -0.2) is 15.0 Å². The number of H-pyrrole nitrogens is 1. The molecule has 0 aliphatic heterocycles. The molecule has 0 unspecified atom stereocenters. The van der Waals surface area contributed by atoms with Crippen molar-refractivity contribution in [2.75, 3.05) is 0 Å². The molecule has 2 aromatic heterocycles. The third kappa shape index (κ3) is 1.04. The second-order valence-electron chi connectivity index (χ2n) is 2.20. The SMILES string of the molecule is N#Cc1ccnc2[nH]c(I)nc12. The third-order valence-electron chi connectivity index (χ3n) is 1.48. The highest BCUT2D eigenvalue weighted by Crippen LogP contribution is 2.13. The zero-order chi connectivity index (χ0) is 8.55. The highest BCUT2D eigenvalue weighted by Gasteiger charge is 2.05. The topological polar surface area (TPSA) is 65.4 Å². The lowest BCUT2D eigenvalue weighted by atomic mass is 10.3. The van der Waals surface area contributed by atoms with E-state index in [0.29, 0.717) is 16.7 Å². The van der Waals surface area contributed by atoms with E-state index in [1.165, 1.54) is 0 Å². The largest absolute Gasteiger partial charge is 0.318 e. The van der Waals surface area contributed by atoms with Crippen molar-refractivity contribution < 1.29 is 0 Å². The van der Waals surface area contributed by atoms with Gasteiger partial charge in [-0.2, -0.15) is 5.26 Å². The second kappa shape index (κ2) is 2.71. The maximum absolute atomic E-state index is 8.71. The molecule has 1 N–H and O–H groups in total. The van der Waals surface area contributed by atoms with Crippen LogP contribution in [0.2, 0.25) is 0 Å². The number of halogens is 1. The molecule has 5 heteroatoms. The maximum Gasteiger partial charge on any atom is 0.170 e. The monoisotopic (exact) mass is 270 g/mol. The molecule has 0 saturated carbocycles. The van der Waals surface area contributed by atoms with E-state index in [4.69, 9.17) is 5.26 Å².